The SMILES string of the molecule is C1=CC/C=C\CCC/C=C/C=C\1. The molecule has 0 fully saturated rings. The van der Waals surface area contributed by atoms with Crippen LogP contribution in [-0.4, -0.2) is 0 Å². The highest BCUT2D eigenvalue weighted by Gasteiger charge is 1.80. The van der Waals surface area contributed by atoms with Crippen molar-refractivity contribution in [3.05, 3.63) is 48.6 Å². The van der Waals surface area contributed by atoms with E-state index in [1.807, 2.05) is 0 Å². The van der Waals surface area contributed by atoms with E-state index in [0.717, 1.165) is 6.42 Å². The summed E-state index contributed by atoms with van der Waals surface area (Å²) in [5.74, 6) is 0. The molecule has 0 bridgehead atoms. The Labute approximate surface area is 75.0 Å². The lowest BCUT2D eigenvalue weighted by molar-refractivity contribution is 0.866. The molecule has 0 aliphatic heterocycles. The monoisotopic (exact) mass is 160 g/mol. The molecule has 0 aromatic rings. The topological polar surface area (TPSA) is 0 Å². The lowest BCUT2D eigenvalue weighted by atomic mass is 10.2. The second-order valence-electron chi connectivity index (χ2n) is 2.88. The largest absolute Gasteiger partial charge is 0.0882 e. The third-order valence-electron chi connectivity index (χ3n) is 1.79. The molecule has 0 radical (unpaired) electrons. The fourth-order valence-corrected chi connectivity index (χ4v) is 1.11. The van der Waals surface area contributed by atoms with Crippen LogP contribution in [0.2, 0.25) is 0 Å². The molecule has 64 valence electrons. The number of hydrogen-bond acceptors (Lipinski definition) is 0. The summed E-state index contributed by atoms with van der Waals surface area (Å²) in [7, 11) is 0. The molecular formula is C12H16. The van der Waals surface area contributed by atoms with Gasteiger partial charge in [-0.2, -0.15) is 0 Å². The Kier molecular flexibility index (Phi) is 5.02. The molecule has 0 saturated heterocycles. The van der Waals surface area contributed by atoms with Crippen molar-refractivity contribution in [2.75, 3.05) is 0 Å². The molecule has 1 aliphatic carbocycles. The van der Waals surface area contributed by atoms with Gasteiger partial charge in [-0.15, -0.1) is 0 Å². The van der Waals surface area contributed by atoms with Gasteiger partial charge in [-0.1, -0.05) is 48.6 Å². The summed E-state index contributed by atoms with van der Waals surface area (Å²) in [6, 6.07) is 0. The normalized spacial score (nSPS) is 26.7. The van der Waals surface area contributed by atoms with Crippen LogP contribution in [0.3, 0.4) is 0 Å². The number of hydrogen-bond donors (Lipinski definition) is 0. The average Bonchev–Trinajstić information content (AvgIpc) is 2.05. The van der Waals surface area contributed by atoms with Crippen LogP contribution < -0.4 is 0 Å². The summed E-state index contributed by atoms with van der Waals surface area (Å²) >= 11 is 0. The molecule has 0 nitrogen and oxygen atoms in total. The molecule has 0 atom stereocenters. The summed E-state index contributed by atoms with van der Waals surface area (Å²) in [4.78, 5) is 0. The molecule has 0 unspecified atom stereocenters. The zero-order valence-corrected chi connectivity index (χ0v) is 7.45. The predicted octanol–water partition coefficient (Wildman–Crippen LogP) is 3.79. The highest BCUT2D eigenvalue weighted by Crippen LogP contribution is 2.00. The molecule has 0 amide bonds. The Morgan fingerprint density at radius 2 is 1.33 bits per heavy atom. The number of allylic oxidation sites excluding steroid dienone is 8. The van der Waals surface area contributed by atoms with Crippen LogP contribution in [0.4, 0.5) is 0 Å². The predicted molar refractivity (Wildman–Crippen MR) is 55.0 cm³/mol. The minimum atomic E-state index is 1.06. The lowest BCUT2D eigenvalue weighted by Crippen LogP contribution is -1.69. The Morgan fingerprint density at radius 3 is 2.25 bits per heavy atom. The Balaban J connectivity index is 2.42. The van der Waals surface area contributed by atoms with Gasteiger partial charge < -0.3 is 0 Å². The number of rotatable bonds is 0. The maximum atomic E-state index is 2.27. The Hall–Kier alpha value is -1.04. The molecular weight excluding hydrogens is 144 g/mol. The lowest BCUT2D eigenvalue weighted by Gasteiger charge is -1.90. The van der Waals surface area contributed by atoms with E-state index in [0.29, 0.717) is 0 Å². The molecule has 0 saturated carbocycles. The van der Waals surface area contributed by atoms with Gasteiger partial charge in [0.25, 0.3) is 0 Å². The molecule has 0 aromatic heterocycles. The van der Waals surface area contributed by atoms with Crippen LogP contribution in [-0.2, 0) is 0 Å². The van der Waals surface area contributed by atoms with E-state index >= 15 is 0 Å². The quantitative estimate of drug-likeness (QED) is 0.473. The van der Waals surface area contributed by atoms with Crippen LogP contribution in [0.5, 0.6) is 0 Å². The summed E-state index contributed by atoms with van der Waals surface area (Å²) in [5.41, 5.74) is 0. The zero-order valence-electron chi connectivity index (χ0n) is 7.45. The maximum absolute atomic E-state index is 2.27. The molecule has 12 heavy (non-hydrogen) atoms. The van der Waals surface area contributed by atoms with Crippen molar-refractivity contribution < 1.29 is 0 Å². The van der Waals surface area contributed by atoms with Crippen LogP contribution >= 0.6 is 0 Å². The van der Waals surface area contributed by atoms with Crippen LogP contribution in [0, 0.1) is 0 Å². The van der Waals surface area contributed by atoms with E-state index < -0.39 is 0 Å². The van der Waals surface area contributed by atoms with E-state index in [1.165, 1.54) is 19.3 Å². The maximum Gasteiger partial charge on any atom is -0.0166 e. The first-order valence-electron chi connectivity index (χ1n) is 4.63. The highest BCUT2D eigenvalue weighted by atomic mass is 13.9. The van der Waals surface area contributed by atoms with Gasteiger partial charge in [-0.3, -0.25) is 0 Å². The van der Waals surface area contributed by atoms with Crippen molar-refractivity contribution in [3.63, 3.8) is 0 Å². The van der Waals surface area contributed by atoms with Crippen molar-refractivity contribution in [2.45, 2.75) is 25.7 Å². The minimum Gasteiger partial charge on any atom is -0.0882 e. The van der Waals surface area contributed by atoms with Gasteiger partial charge in [0, 0.05) is 0 Å². The zero-order chi connectivity index (χ0) is 8.49. The molecule has 1 rings (SSSR count). The highest BCUT2D eigenvalue weighted by molar-refractivity contribution is 5.12. The van der Waals surface area contributed by atoms with Gasteiger partial charge in [0.05, 0.1) is 0 Å². The van der Waals surface area contributed by atoms with Crippen molar-refractivity contribution in [1.82, 2.24) is 0 Å². The Morgan fingerprint density at radius 1 is 0.583 bits per heavy atom. The fraction of sp³-hybridized carbons (Fsp3) is 0.333. The van der Waals surface area contributed by atoms with Gasteiger partial charge in [0.15, 0.2) is 0 Å². The van der Waals surface area contributed by atoms with Gasteiger partial charge in [-0.25, -0.2) is 0 Å². The van der Waals surface area contributed by atoms with E-state index in [-0.39, 0.29) is 0 Å². The van der Waals surface area contributed by atoms with Crippen LogP contribution in [0.25, 0.3) is 0 Å². The standard InChI is InChI=1S/C12H16/c1-2-4-6-8-10-12-11-9-7-5-3-1/h1-6,9,11H,7-8,10,12H2/b2-1-,5-3?,6-4+,11-9-. The molecule has 0 aromatic carbocycles. The summed E-state index contributed by atoms with van der Waals surface area (Å²) < 4.78 is 0. The Bertz CT molecular complexity index is 204. The summed E-state index contributed by atoms with van der Waals surface area (Å²) in [6.45, 7) is 0. The molecule has 0 spiro atoms. The third-order valence-corrected chi connectivity index (χ3v) is 1.79. The second kappa shape index (κ2) is 6.66. The average molecular weight is 160 g/mol. The van der Waals surface area contributed by atoms with Crippen molar-refractivity contribution >= 4 is 0 Å². The van der Waals surface area contributed by atoms with E-state index in [1.54, 1.807) is 0 Å². The minimum absolute atomic E-state index is 1.06. The molecule has 0 heterocycles. The summed E-state index contributed by atoms with van der Waals surface area (Å²) in [6.07, 6.45) is 22.0. The first-order valence-corrected chi connectivity index (χ1v) is 4.63. The fourth-order valence-electron chi connectivity index (χ4n) is 1.11. The summed E-state index contributed by atoms with van der Waals surface area (Å²) in [5, 5.41) is 0. The van der Waals surface area contributed by atoms with Crippen LogP contribution in [0.15, 0.2) is 48.6 Å². The molecule has 0 N–H and O–H groups in total. The van der Waals surface area contributed by atoms with E-state index in [4.69, 9.17) is 0 Å². The van der Waals surface area contributed by atoms with Gasteiger partial charge in [0.2, 0.25) is 0 Å². The van der Waals surface area contributed by atoms with Gasteiger partial charge in [0.1, 0.15) is 0 Å². The van der Waals surface area contributed by atoms with Crippen molar-refractivity contribution in [2.24, 2.45) is 0 Å². The van der Waals surface area contributed by atoms with E-state index in [9.17, 15) is 0 Å². The van der Waals surface area contributed by atoms with Gasteiger partial charge >= 0.3 is 0 Å². The van der Waals surface area contributed by atoms with E-state index in [2.05, 4.69) is 48.6 Å². The van der Waals surface area contributed by atoms with Crippen molar-refractivity contribution in [3.8, 4) is 0 Å². The second-order valence-corrected chi connectivity index (χ2v) is 2.88. The first kappa shape index (κ1) is 9.05. The first-order chi connectivity index (χ1) is 6.00. The molecule has 0 heteroatoms. The van der Waals surface area contributed by atoms with Gasteiger partial charge in [-0.05, 0) is 25.7 Å². The smallest absolute Gasteiger partial charge is 0.0166 e. The third kappa shape index (κ3) is 4.73. The molecule has 1 aliphatic rings. The van der Waals surface area contributed by atoms with Crippen molar-refractivity contribution in [1.29, 1.82) is 0 Å². The van der Waals surface area contributed by atoms with Crippen LogP contribution in [0.1, 0.15) is 25.7 Å².